The third-order valence-corrected chi connectivity index (χ3v) is 6.37. The normalized spacial score (nSPS) is 31.8. The molecule has 3 aliphatic rings. The first-order chi connectivity index (χ1) is 8.42. The van der Waals surface area contributed by atoms with Crippen LogP contribution in [0, 0.1) is 17.3 Å². The van der Waals surface area contributed by atoms with Gasteiger partial charge in [0.15, 0.2) is 0 Å². The molecule has 0 nitrogen and oxygen atoms in total. The summed E-state index contributed by atoms with van der Waals surface area (Å²) in [6, 6.07) is 0. The van der Waals surface area contributed by atoms with Crippen LogP contribution < -0.4 is 0 Å². The van der Waals surface area contributed by atoms with E-state index in [0.717, 1.165) is 17.3 Å². The highest BCUT2D eigenvalue weighted by molar-refractivity contribution is 4.96. The summed E-state index contributed by atoms with van der Waals surface area (Å²) in [6.07, 6.45) is 21.8. The molecule has 0 N–H and O–H groups in total. The van der Waals surface area contributed by atoms with Crippen LogP contribution in [0.4, 0.5) is 0 Å². The molecule has 0 aromatic rings. The minimum Gasteiger partial charge on any atom is -0.0533 e. The van der Waals surface area contributed by atoms with Crippen LogP contribution in [-0.2, 0) is 0 Å². The van der Waals surface area contributed by atoms with Gasteiger partial charge in [-0.1, -0.05) is 51.4 Å². The Morgan fingerprint density at radius 1 is 0.471 bits per heavy atom. The second kappa shape index (κ2) is 5.33. The van der Waals surface area contributed by atoms with Crippen LogP contribution in [0.15, 0.2) is 0 Å². The molecule has 0 aromatic heterocycles. The smallest absolute Gasteiger partial charge is 0.0241 e. The van der Waals surface area contributed by atoms with E-state index in [0.29, 0.717) is 0 Å². The van der Waals surface area contributed by atoms with Crippen LogP contribution in [0.25, 0.3) is 0 Å². The third-order valence-electron chi connectivity index (χ3n) is 6.37. The van der Waals surface area contributed by atoms with E-state index in [9.17, 15) is 0 Å². The van der Waals surface area contributed by atoms with Crippen molar-refractivity contribution in [3.8, 4) is 0 Å². The van der Waals surface area contributed by atoms with Crippen molar-refractivity contribution >= 4 is 0 Å². The zero-order valence-corrected chi connectivity index (χ0v) is 11.6. The average molecular weight is 234 g/mol. The third kappa shape index (κ3) is 2.29. The lowest BCUT2D eigenvalue weighted by Crippen LogP contribution is -2.40. The Kier molecular flexibility index (Phi) is 3.78. The Morgan fingerprint density at radius 2 is 0.882 bits per heavy atom. The Labute approximate surface area is 108 Å². The number of rotatable bonds is 2. The van der Waals surface area contributed by atoms with Crippen LogP contribution in [0.1, 0.15) is 89.9 Å². The van der Waals surface area contributed by atoms with Gasteiger partial charge in [0.25, 0.3) is 0 Å². The van der Waals surface area contributed by atoms with Gasteiger partial charge < -0.3 is 0 Å². The highest BCUT2D eigenvalue weighted by Crippen LogP contribution is 2.56. The van der Waals surface area contributed by atoms with Crippen molar-refractivity contribution in [1.82, 2.24) is 0 Å². The molecule has 0 radical (unpaired) electrons. The fourth-order valence-corrected chi connectivity index (χ4v) is 5.54. The first-order valence-electron chi connectivity index (χ1n) is 8.42. The Bertz CT molecular complexity index is 224. The maximum atomic E-state index is 1.60. The molecule has 0 heteroatoms. The Morgan fingerprint density at radius 3 is 1.41 bits per heavy atom. The van der Waals surface area contributed by atoms with Gasteiger partial charge in [-0.25, -0.2) is 0 Å². The van der Waals surface area contributed by atoms with E-state index in [-0.39, 0.29) is 0 Å². The second-order valence-electron chi connectivity index (χ2n) is 7.11. The molecule has 0 aliphatic heterocycles. The van der Waals surface area contributed by atoms with Crippen molar-refractivity contribution in [3.63, 3.8) is 0 Å². The van der Waals surface area contributed by atoms with E-state index in [1.54, 1.807) is 77.0 Å². The molecule has 0 heterocycles. The quantitative estimate of drug-likeness (QED) is 0.574. The van der Waals surface area contributed by atoms with Crippen molar-refractivity contribution in [2.75, 3.05) is 0 Å². The summed E-state index contributed by atoms with van der Waals surface area (Å²) < 4.78 is 0. The Hall–Kier alpha value is 0. The van der Waals surface area contributed by atoms with Crippen LogP contribution >= 0.6 is 0 Å². The number of hydrogen-bond acceptors (Lipinski definition) is 0. The van der Waals surface area contributed by atoms with Crippen LogP contribution in [0.2, 0.25) is 0 Å². The zero-order chi connectivity index (χ0) is 11.6. The topological polar surface area (TPSA) is 0 Å². The summed E-state index contributed by atoms with van der Waals surface area (Å²) in [5.41, 5.74) is 0.829. The van der Waals surface area contributed by atoms with Crippen molar-refractivity contribution < 1.29 is 0 Å². The van der Waals surface area contributed by atoms with Gasteiger partial charge in [-0.3, -0.25) is 0 Å². The molecule has 98 valence electrons. The van der Waals surface area contributed by atoms with Crippen molar-refractivity contribution in [1.29, 1.82) is 0 Å². The van der Waals surface area contributed by atoms with E-state index < -0.39 is 0 Å². The predicted octanol–water partition coefficient (Wildman–Crippen LogP) is 5.71. The van der Waals surface area contributed by atoms with Crippen molar-refractivity contribution in [2.24, 2.45) is 17.3 Å². The average Bonchev–Trinajstić information content (AvgIpc) is 2.95. The summed E-state index contributed by atoms with van der Waals surface area (Å²) in [5, 5.41) is 0. The Balaban J connectivity index is 1.78. The molecule has 3 rings (SSSR count). The van der Waals surface area contributed by atoms with Gasteiger partial charge in [0.2, 0.25) is 0 Å². The summed E-state index contributed by atoms with van der Waals surface area (Å²) in [7, 11) is 0. The zero-order valence-electron chi connectivity index (χ0n) is 11.6. The molecular formula is C17H30. The van der Waals surface area contributed by atoms with E-state index in [1.165, 1.54) is 12.8 Å². The largest absolute Gasteiger partial charge is 0.0533 e. The van der Waals surface area contributed by atoms with Gasteiger partial charge in [-0.2, -0.15) is 0 Å². The van der Waals surface area contributed by atoms with E-state index >= 15 is 0 Å². The summed E-state index contributed by atoms with van der Waals surface area (Å²) in [6.45, 7) is 0. The predicted molar refractivity (Wildman–Crippen MR) is 74.1 cm³/mol. The number of hydrogen-bond donors (Lipinski definition) is 0. The van der Waals surface area contributed by atoms with Crippen LogP contribution in [0.3, 0.4) is 0 Å². The van der Waals surface area contributed by atoms with E-state index in [2.05, 4.69) is 0 Å². The lowest BCUT2D eigenvalue weighted by molar-refractivity contribution is 0.00632. The molecule has 0 unspecified atom stereocenters. The molecular weight excluding hydrogens is 204 g/mol. The summed E-state index contributed by atoms with van der Waals surface area (Å²) in [4.78, 5) is 0. The first-order valence-corrected chi connectivity index (χ1v) is 8.42. The van der Waals surface area contributed by atoms with E-state index in [1.807, 2.05) is 0 Å². The van der Waals surface area contributed by atoms with Crippen LogP contribution in [-0.4, -0.2) is 0 Å². The molecule has 3 fully saturated rings. The molecule has 0 amide bonds. The van der Waals surface area contributed by atoms with Gasteiger partial charge in [0.05, 0.1) is 0 Å². The fraction of sp³-hybridized carbons (Fsp3) is 1.00. The highest BCUT2D eigenvalue weighted by Gasteiger charge is 2.46. The molecule has 3 saturated carbocycles. The summed E-state index contributed by atoms with van der Waals surface area (Å²) >= 11 is 0. The monoisotopic (exact) mass is 234 g/mol. The molecule has 0 aromatic carbocycles. The van der Waals surface area contributed by atoms with Gasteiger partial charge in [0.1, 0.15) is 0 Å². The van der Waals surface area contributed by atoms with Gasteiger partial charge in [-0.05, 0) is 55.8 Å². The van der Waals surface area contributed by atoms with E-state index in [4.69, 9.17) is 0 Å². The van der Waals surface area contributed by atoms with Crippen molar-refractivity contribution in [3.05, 3.63) is 0 Å². The molecule has 0 saturated heterocycles. The van der Waals surface area contributed by atoms with Gasteiger partial charge >= 0.3 is 0 Å². The fourth-order valence-electron chi connectivity index (χ4n) is 5.54. The highest BCUT2D eigenvalue weighted by atomic mass is 14.5. The minimum atomic E-state index is 0.829. The lowest BCUT2D eigenvalue weighted by atomic mass is 9.55. The van der Waals surface area contributed by atoms with Crippen molar-refractivity contribution in [2.45, 2.75) is 89.9 Å². The summed E-state index contributed by atoms with van der Waals surface area (Å²) in [5.74, 6) is 2.26. The lowest BCUT2D eigenvalue weighted by Gasteiger charge is -2.50. The van der Waals surface area contributed by atoms with Gasteiger partial charge in [-0.15, -0.1) is 0 Å². The molecule has 3 aliphatic carbocycles. The van der Waals surface area contributed by atoms with Crippen LogP contribution in [0.5, 0.6) is 0 Å². The maximum absolute atomic E-state index is 1.60. The SMILES string of the molecule is C1CCC(C2(C3CCCC3)CCCCC2)CC1. The maximum Gasteiger partial charge on any atom is -0.0241 e. The molecule has 0 bridgehead atoms. The second-order valence-corrected chi connectivity index (χ2v) is 7.11. The standard InChI is InChI=1S/C17H30/c1-3-9-15(10-4-1)17(13-7-2-8-14-17)16-11-5-6-12-16/h15-16H,1-14H2. The first kappa shape index (κ1) is 12.1. The van der Waals surface area contributed by atoms with Gasteiger partial charge in [0, 0.05) is 0 Å². The molecule has 0 atom stereocenters. The molecule has 0 spiro atoms. The molecule has 17 heavy (non-hydrogen) atoms. The minimum absolute atomic E-state index is 0.829.